The van der Waals surface area contributed by atoms with E-state index >= 15 is 0 Å². The molecule has 1 aromatic carbocycles. The average Bonchev–Trinajstić information content (AvgIpc) is 2.60. The molecule has 76 valence electrons. The van der Waals surface area contributed by atoms with Gasteiger partial charge in [-0.25, -0.2) is 4.39 Å². The Bertz CT molecular complexity index is 533. The second kappa shape index (κ2) is 4.37. The molecule has 0 unspecified atom stereocenters. The molecule has 0 aliphatic rings. The molecule has 0 aliphatic heterocycles. The molecule has 15 heavy (non-hydrogen) atoms. The second-order valence-corrected chi connectivity index (χ2v) is 3.41. The van der Waals surface area contributed by atoms with E-state index in [2.05, 4.69) is 11.8 Å². The van der Waals surface area contributed by atoms with E-state index in [4.69, 9.17) is 16.0 Å². The molecule has 0 amide bonds. The van der Waals surface area contributed by atoms with Crippen LogP contribution in [0.1, 0.15) is 12.2 Å². The molecule has 0 saturated heterocycles. The van der Waals surface area contributed by atoms with E-state index < -0.39 is 0 Å². The lowest BCUT2D eigenvalue weighted by atomic mass is 10.2. The van der Waals surface area contributed by atoms with Crippen LogP contribution in [0, 0.1) is 17.7 Å². The molecule has 0 bridgehead atoms. The number of benzene rings is 1. The Balaban J connectivity index is 2.36. The van der Waals surface area contributed by atoms with Crippen LogP contribution in [-0.2, 0) is 0 Å². The molecule has 1 nitrogen and oxygen atoms in total. The van der Waals surface area contributed by atoms with Gasteiger partial charge in [0.05, 0.1) is 0 Å². The molecule has 1 aromatic heterocycles. The fourth-order valence-corrected chi connectivity index (χ4v) is 1.37. The molecule has 0 fully saturated rings. The van der Waals surface area contributed by atoms with E-state index in [1.165, 1.54) is 12.1 Å². The van der Waals surface area contributed by atoms with E-state index in [-0.39, 0.29) is 5.82 Å². The summed E-state index contributed by atoms with van der Waals surface area (Å²) in [7, 11) is 0. The van der Waals surface area contributed by atoms with Crippen LogP contribution < -0.4 is 0 Å². The van der Waals surface area contributed by atoms with Crippen LogP contribution in [0.4, 0.5) is 4.39 Å². The van der Waals surface area contributed by atoms with Crippen molar-refractivity contribution in [3.05, 3.63) is 35.8 Å². The zero-order chi connectivity index (χ0) is 10.7. The molecule has 0 spiro atoms. The zero-order valence-corrected chi connectivity index (χ0v) is 8.64. The fourth-order valence-electron chi connectivity index (χ4n) is 1.27. The maximum Gasteiger partial charge on any atom is 0.178 e. The third-order valence-electron chi connectivity index (χ3n) is 1.91. The highest BCUT2D eigenvalue weighted by Crippen LogP contribution is 2.19. The SMILES string of the molecule is Fc1ccc2oc(C#CCCCl)cc2c1. The van der Waals surface area contributed by atoms with Crippen LogP contribution in [0.15, 0.2) is 28.7 Å². The minimum Gasteiger partial charge on any atom is -0.448 e. The number of furan rings is 1. The number of hydrogen-bond donors (Lipinski definition) is 0. The first-order valence-electron chi connectivity index (χ1n) is 4.53. The summed E-state index contributed by atoms with van der Waals surface area (Å²) in [5.74, 6) is 6.46. The Labute approximate surface area is 91.8 Å². The fraction of sp³-hybridized carbons (Fsp3) is 0.167. The van der Waals surface area contributed by atoms with E-state index in [0.29, 0.717) is 23.6 Å². The molecule has 0 saturated carbocycles. The predicted molar refractivity (Wildman–Crippen MR) is 58.4 cm³/mol. The topological polar surface area (TPSA) is 13.1 Å². The zero-order valence-electron chi connectivity index (χ0n) is 7.89. The summed E-state index contributed by atoms with van der Waals surface area (Å²) in [5.41, 5.74) is 0.645. The first-order valence-corrected chi connectivity index (χ1v) is 5.07. The first-order chi connectivity index (χ1) is 7.29. The molecule has 3 heteroatoms. The Kier molecular flexibility index (Phi) is 2.94. The van der Waals surface area contributed by atoms with Gasteiger partial charge < -0.3 is 4.42 Å². The summed E-state index contributed by atoms with van der Waals surface area (Å²) in [6.45, 7) is 0. The predicted octanol–water partition coefficient (Wildman–Crippen LogP) is 3.55. The highest BCUT2D eigenvalue weighted by atomic mass is 35.5. The van der Waals surface area contributed by atoms with Crippen molar-refractivity contribution < 1.29 is 8.81 Å². The summed E-state index contributed by atoms with van der Waals surface area (Å²) < 4.78 is 18.2. The summed E-state index contributed by atoms with van der Waals surface area (Å²) >= 11 is 5.48. The number of halogens is 2. The largest absolute Gasteiger partial charge is 0.448 e. The van der Waals surface area contributed by atoms with E-state index in [0.717, 1.165) is 5.39 Å². The Morgan fingerprint density at radius 1 is 1.33 bits per heavy atom. The normalized spacial score (nSPS) is 10.0. The van der Waals surface area contributed by atoms with Gasteiger partial charge >= 0.3 is 0 Å². The molecule has 2 aromatic rings. The van der Waals surface area contributed by atoms with Crippen molar-refractivity contribution in [3.63, 3.8) is 0 Å². The van der Waals surface area contributed by atoms with Gasteiger partial charge in [-0.15, -0.1) is 11.6 Å². The Hall–Kier alpha value is -1.46. The summed E-state index contributed by atoms with van der Waals surface area (Å²) in [6.07, 6.45) is 0.618. The van der Waals surface area contributed by atoms with Crippen LogP contribution >= 0.6 is 11.6 Å². The van der Waals surface area contributed by atoms with E-state index in [1.54, 1.807) is 12.1 Å². The van der Waals surface area contributed by atoms with E-state index in [9.17, 15) is 4.39 Å². The van der Waals surface area contributed by atoms with Crippen molar-refractivity contribution >= 4 is 22.6 Å². The van der Waals surface area contributed by atoms with Crippen LogP contribution in [0.25, 0.3) is 11.0 Å². The van der Waals surface area contributed by atoms with Gasteiger partial charge in [0.25, 0.3) is 0 Å². The highest BCUT2D eigenvalue weighted by Gasteiger charge is 2.01. The van der Waals surface area contributed by atoms with Gasteiger partial charge in [0.2, 0.25) is 0 Å². The smallest absolute Gasteiger partial charge is 0.178 e. The maximum atomic E-state index is 12.9. The molecule has 0 atom stereocenters. The van der Waals surface area contributed by atoms with Gasteiger partial charge in [-0.3, -0.25) is 0 Å². The van der Waals surface area contributed by atoms with Crippen molar-refractivity contribution in [3.8, 4) is 11.8 Å². The molecule has 0 N–H and O–H groups in total. The lowest BCUT2D eigenvalue weighted by Crippen LogP contribution is -1.69. The van der Waals surface area contributed by atoms with Gasteiger partial charge in [0.15, 0.2) is 5.76 Å². The van der Waals surface area contributed by atoms with Crippen molar-refractivity contribution in [1.82, 2.24) is 0 Å². The standard InChI is InChI=1S/C12H8ClFO/c13-6-2-1-3-11-8-9-7-10(14)4-5-12(9)15-11/h4-5,7-8H,2,6H2. The molecular formula is C12H8ClFO. The number of rotatable bonds is 1. The summed E-state index contributed by atoms with van der Waals surface area (Å²) in [5, 5.41) is 0.727. The monoisotopic (exact) mass is 222 g/mol. The number of fused-ring (bicyclic) bond motifs is 1. The number of alkyl halides is 1. The second-order valence-electron chi connectivity index (χ2n) is 3.03. The molecular weight excluding hydrogens is 215 g/mol. The van der Waals surface area contributed by atoms with Gasteiger partial charge in [-0.1, -0.05) is 5.92 Å². The quantitative estimate of drug-likeness (QED) is 0.531. The van der Waals surface area contributed by atoms with Crippen molar-refractivity contribution in [2.45, 2.75) is 6.42 Å². The average molecular weight is 223 g/mol. The molecule has 0 radical (unpaired) electrons. The molecule has 1 heterocycles. The Morgan fingerprint density at radius 3 is 3.00 bits per heavy atom. The lowest BCUT2D eigenvalue weighted by molar-refractivity contribution is 0.597. The van der Waals surface area contributed by atoms with Crippen LogP contribution in [0.3, 0.4) is 0 Å². The van der Waals surface area contributed by atoms with Gasteiger partial charge in [0.1, 0.15) is 11.4 Å². The van der Waals surface area contributed by atoms with Gasteiger partial charge in [-0.05, 0) is 24.1 Å². The first kappa shape index (κ1) is 10.1. The number of hydrogen-bond acceptors (Lipinski definition) is 1. The molecule has 0 aliphatic carbocycles. The van der Waals surface area contributed by atoms with Crippen molar-refractivity contribution in [2.24, 2.45) is 0 Å². The molecule has 2 rings (SSSR count). The van der Waals surface area contributed by atoms with Crippen LogP contribution in [0.2, 0.25) is 0 Å². The lowest BCUT2D eigenvalue weighted by Gasteiger charge is -1.86. The van der Waals surface area contributed by atoms with Crippen LogP contribution in [-0.4, -0.2) is 5.88 Å². The van der Waals surface area contributed by atoms with Crippen molar-refractivity contribution in [2.75, 3.05) is 5.88 Å². The minimum atomic E-state index is -0.274. The maximum absolute atomic E-state index is 12.9. The van der Waals surface area contributed by atoms with Gasteiger partial charge in [-0.2, -0.15) is 0 Å². The summed E-state index contributed by atoms with van der Waals surface area (Å²) in [6, 6.07) is 6.10. The van der Waals surface area contributed by atoms with Crippen LogP contribution in [0.5, 0.6) is 0 Å². The Morgan fingerprint density at radius 2 is 2.20 bits per heavy atom. The van der Waals surface area contributed by atoms with Gasteiger partial charge in [0, 0.05) is 23.8 Å². The van der Waals surface area contributed by atoms with Crippen molar-refractivity contribution in [1.29, 1.82) is 0 Å². The highest BCUT2D eigenvalue weighted by molar-refractivity contribution is 6.18. The third-order valence-corrected chi connectivity index (χ3v) is 2.10. The summed E-state index contributed by atoms with van der Waals surface area (Å²) in [4.78, 5) is 0. The third kappa shape index (κ3) is 2.31. The minimum absolute atomic E-state index is 0.274. The van der Waals surface area contributed by atoms with E-state index in [1.807, 2.05) is 0 Å².